The highest BCUT2D eigenvalue weighted by atomic mass is 32.2. The molecular formula is C14H20F2N2O2S. The van der Waals surface area contributed by atoms with E-state index in [2.05, 4.69) is 10.0 Å². The van der Waals surface area contributed by atoms with Crippen LogP contribution < -0.4 is 10.0 Å². The molecule has 4 nitrogen and oxygen atoms in total. The van der Waals surface area contributed by atoms with Crippen molar-refractivity contribution in [1.82, 2.24) is 10.0 Å². The largest absolute Gasteiger partial charge is 0.310 e. The van der Waals surface area contributed by atoms with E-state index >= 15 is 0 Å². The molecule has 1 aromatic carbocycles. The summed E-state index contributed by atoms with van der Waals surface area (Å²) in [6.45, 7) is 3.88. The zero-order chi connectivity index (χ0) is 15.6. The van der Waals surface area contributed by atoms with E-state index < -0.39 is 26.6 Å². The van der Waals surface area contributed by atoms with Gasteiger partial charge in [-0.1, -0.05) is 13.8 Å². The van der Waals surface area contributed by atoms with Crippen LogP contribution in [0.2, 0.25) is 0 Å². The van der Waals surface area contributed by atoms with Crippen LogP contribution in [0.5, 0.6) is 0 Å². The SMILES string of the molecule is CC(C)CNS(=O)(=O)c1ccc(F)c(CNC2CC2)c1F. The van der Waals surface area contributed by atoms with E-state index in [1.54, 1.807) is 0 Å². The summed E-state index contributed by atoms with van der Waals surface area (Å²) in [6, 6.07) is 2.24. The van der Waals surface area contributed by atoms with Crippen LogP contribution in [0.3, 0.4) is 0 Å². The fraction of sp³-hybridized carbons (Fsp3) is 0.571. The molecule has 7 heteroatoms. The molecule has 21 heavy (non-hydrogen) atoms. The van der Waals surface area contributed by atoms with E-state index in [9.17, 15) is 17.2 Å². The van der Waals surface area contributed by atoms with Crippen molar-refractivity contribution in [1.29, 1.82) is 0 Å². The number of halogens is 2. The summed E-state index contributed by atoms with van der Waals surface area (Å²) in [5.74, 6) is -1.65. The van der Waals surface area contributed by atoms with Crippen LogP contribution in [0.25, 0.3) is 0 Å². The monoisotopic (exact) mass is 318 g/mol. The van der Waals surface area contributed by atoms with Gasteiger partial charge in [-0.05, 0) is 30.9 Å². The number of nitrogens with one attached hydrogen (secondary N) is 2. The fourth-order valence-electron chi connectivity index (χ4n) is 1.83. The van der Waals surface area contributed by atoms with Gasteiger partial charge in [-0.3, -0.25) is 0 Å². The van der Waals surface area contributed by atoms with Crippen molar-refractivity contribution in [2.24, 2.45) is 5.92 Å². The summed E-state index contributed by atoms with van der Waals surface area (Å²) in [5, 5.41) is 2.99. The second-order valence-corrected chi connectivity index (χ2v) is 7.47. The van der Waals surface area contributed by atoms with Crippen LogP contribution in [0, 0.1) is 17.6 Å². The van der Waals surface area contributed by atoms with Gasteiger partial charge < -0.3 is 5.32 Å². The van der Waals surface area contributed by atoms with E-state index in [0.29, 0.717) is 0 Å². The van der Waals surface area contributed by atoms with Gasteiger partial charge in [0.05, 0.1) is 0 Å². The molecule has 1 aromatic rings. The summed E-state index contributed by atoms with van der Waals surface area (Å²) < 4.78 is 54.5. The lowest BCUT2D eigenvalue weighted by molar-refractivity contribution is 0.508. The molecule has 0 unspecified atom stereocenters. The molecule has 1 fully saturated rings. The topological polar surface area (TPSA) is 58.2 Å². The summed E-state index contributed by atoms with van der Waals surface area (Å²) in [7, 11) is -3.97. The zero-order valence-electron chi connectivity index (χ0n) is 12.1. The van der Waals surface area contributed by atoms with Crippen molar-refractivity contribution in [3.8, 4) is 0 Å². The molecule has 1 aliphatic carbocycles. The Hall–Kier alpha value is -1.05. The van der Waals surface area contributed by atoms with Crippen LogP contribution in [0.4, 0.5) is 8.78 Å². The Morgan fingerprint density at radius 1 is 1.29 bits per heavy atom. The van der Waals surface area contributed by atoms with Gasteiger partial charge in [0.15, 0.2) is 5.82 Å². The maximum atomic E-state index is 14.3. The van der Waals surface area contributed by atoms with Crippen LogP contribution in [-0.4, -0.2) is 21.0 Å². The fourth-order valence-corrected chi connectivity index (χ4v) is 3.15. The average Bonchev–Trinajstić information content (AvgIpc) is 3.20. The van der Waals surface area contributed by atoms with Crippen molar-refractivity contribution in [3.05, 3.63) is 29.3 Å². The van der Waals surface area contributed by atoms with Gasteiger partial charge in [0.25, 0.3) is 0 Å². The van der Waals surface area contributed by atoms with Gasteiger partial charge in [0.1, 0.15) is 10.7 Å². The third kappa shape index (κ3) is 4.21. The number of rotatable bonds is 7. The molecule has 0 radical (unpaired) electrons. The van der Waals surface area contributed by atoms with Gasteiger partial charge in [-0.2, -0.15) is 0 Å². The Labute approximate surface area is 124 Å². The summed E-state index contributed by atoms with van der Waals surface area (Å²) in [5.41, 5.74) is -0.227. The minimum absolute atomic E-state index is 0.00409. The van der Waals surface area contributed by atoms with E-state index in [-0.39, 0.29) is 30.6 Å². The van der Waals surface area contributed by atoms with Crippen molar-refractivity contribution >= 4 is 10.0 Å². The van der Waals surface area contributed by atoms with E-state index in [1.807, 2.05) is 13.8 Å². The van der Waals surface area contributed by atoms with Gasteiger partial charge >= 0.3 is 0 Å². The van der Waals surface area contributed by atoms with Gasteiger partial charge in [-0.15, -0.1) is 0 Å². The summed E-state index contributed by atoms with van der Waals surface area (Å²) in [4.78, 5) is -0.503. The smallest absolute Gasteiger partial charge is 0.243 e. The van der Waals surface area contributed by atoms with E-state index in [1.165, 1.54) is 0 Å². The molecular weight excluding hydrogens is 298 g/mol. The highest BCUT2D eigenvalue weighted by molar-refractivity contribution is 7.89. The first-order valence-electron chi connectivity index (χ1n) is 7.01. The molecule has 2 rings (SSSR count). The third-order valence-corrected chi connectivity index (χ3v) is 4.71. The molecule has 0 atom stereocenters. The molecule has 0 spiro atoms. The zero-order valence-corrected chi connectivity index (χ0v) is 12.9. The minimum Gasteiger partial charge on any atom is -0.310 e. The Bertz CT molecular complexity index is 614. The quantitative estimate of drug-likeness (QED) is 0.810. The van der Waals surface area contributed by atoms with Gasteiger partial charge in [0.2, 0.25) is 10.0 Å². The Morgan fingerprint density at radius 2 is 1.95 bits per heavy atom. The van der Waals surface area contributed by atoms with Gasteiger partial charge in [-0.25, -0.2) is 21.9 Å². The standard InChI is InChI=1S/C14H20F2N2O2S/c1-9(2)7-18-21(19,20)13-6-5-12(15)11(14(13)16)8-17-10-3-4-10/h5-6,9-10,17-18H,3-4,7-8H2,1-2H3. The number of hydrogen-bond donors (Lipinski definition) is 2. The molecule has 0 amide bonds. The molecule has 1 saturated carbocycles. The average molecular weight is 318 g/mol. The van der Waals surface area contributed by atoms with Crippen molar-refractivity contribution in [3.63, 3.8) is 0 Å². The Kier molecular flexibility index (Phi) is 4.95. The molecule has 0 saturated heterocycles. The first kappa shape index (κ1) is 16.3. The lowest BCUT2D eigenvalue weighted by atomic mass is 10.2. The number of benzene rings is 1. The maximum Gasteiger partial charge on any atom is 0.243 e. The van der Waals surface area contributed by atoms with Crippen LogP contribution in [0.15, 0.2) is 17.0 Å². The second kappa shape index (κ2) is 6.37. The number of sulfonamides is 1. The van der Waals surface area contributed by atoms with Crippen molar-refractivity contribution in [2.75, 3.05) is 6.54 Å². The van der Waals surface area contributed by atoms with Crippen molar-refractivity contribution in [2.45, 2.75) is 44.2 Å². The maximum absolute atomic E-state index is 14.3. The Balaban J connectivity index is 2.24. The molecule has 0 aromatic heterocycles. The molecule has 0 bridgehead atoms. The Morgan fingerprint density at radius 3 is 2.52 bits per heavy atom. The molecule has 2 N–H and O–H groups in total. The molecule has 0 heterocycles. The molecule has 0 aliphatic heterocycles. The van der Waals surface area contributed by atoms with Gasteiger partial charge in [0, 0.05) is 24.7 Å². The summed E-state index contributed by atoms with van der Waals surface area (Å²) in [6.07, 6.45) is 1.97. The highest BCUT2D eigenvalue weighted by Crippen LogP contribution is 2.24. The minimum atomic E-state index is -3.97. The normalized spacial score (nSPS) is 15.7. The van der Waals surface area contributed by atoms with Crippen LogP contribution in [-0.2, 0) is 16.6 Å². The lowest BCUT2D eigenvalue weighted by Crippen LogP contribution is -2.29. The van der Waals surface area contributed by atoms with E-state index in [0.717, 1.165) is 25.0 Å². The predicted molar refractivity (Wildman–Crippen MR) is 76.2 cm³/mol. The first-order valence-corrected chi connectivity index (χ1v) is 8.49. The highest BCUT2D eigenvalue weighted by Gasteiger charge is 2.26. The van der Waals surface area contributed by atoms with Crippen LogP contribution in [0.1, 0.15) is 32.3 Å². The third-order valence-electron chi connectivity index (χ3n) is 3.27. The van der Waals surface area contributed by atoms with Crippen LogP contribution >= 0.6 is 0 Å². The lowest BCUT2D eigenvalue weighted by Gasteiger charge is -2.13. The first-order chi connectivity index (χ1) is 9.81. The number of hydrogen-bond acceptors (Lipinski definition) is 3. The van der Waals surface area contributed by atoms with E-state index in [4.69, 9.17) is 0 Å². The second-order valence-electron chi connectivity index (χ2n) is 5.74. The summed E-state index contributed by atoms with van der Waals surface area (Å²) >= 11 is 0. The predicted octanol–water partition coefficient (Wildman–Crippen LogP) is 2.15. The molecule has 118 valence electrons. The van der Waals surface area contributed by atoms with Crippen molar-refractivity contribution < 1.29 is 17.2 Å². The molecule has 1 aliphatic rings.